The van der Waals surface area contributed by atoms with Gasteiger partial charge < -0.3 is 14.3 Å². The van der Waals surface area contributed by atoms with Crippen LogP contribution in [0.25, 0.3) is 0 Å². The first-order valence-electron chi connectivity index (χ1n) is 7.42. The molecule has 5 heteroatoms. The van der Waals surface area contributed by atoms with Crippen molar-refractivity contribution in [2.75, 3.05) is 7.11 Å². The van der Waals surface area contributed by atoms with Crippen LogP contribution >= 0.6 is 0 Å². The number of aldehydes is 1. The zero-order valence-corrected chi connectivity index (χ0v) is 12.7. The van der Waals surface area contributed by atoms with E-state index in [1.54, 1.807) is 0 Å². The fourth-order valence-corrected chi connectivity index (χ4v) is 2.75. The molecule has 0 radical (unpaired) electrons. The molecule has 1 aliphatic rings. The molecule has 1 saturated carbocycles. The van der Waals surface area contributed by atoms with Crippen LogP contribution in [0.3, 0.4) is 0 Å². The summed E-state index contributed by atoms with van der Waals surface area (Å²) in [6.07, 6.45) is 9.05. The van der Waals surface area contributed by atoms with Crippen LogP contribution in [-0.2, 0) is 23.9 Å². The van der Waals surface area contributed by atoms with Crippen LogP contribution in [-0.4, -0.2) is 31.4 Å². The van der Waals surface area contributed by atoms with E-state index in [1.807, 2.05) is 12.2 Å². The van der Waals surface area contributed by atoms with Gasteiger partial charge in [0.2, 0.25) is 0 Å². The predicted molar refractivity (Wildman–Crippen MR) is 77.5 cm³/mol. The molecule has 1 aliphatic carbocycles. The van der Waals surface area contributed by atoms with E-state index in [0.29, 0.717) is 6.42 Å². The van der Waals surface area contributed by atoms with Crippen molar-refractivity contribution in [2.24, 2.45) is 11.8 Å². The Labute approximate surface area is 125 Å². The summed E-state index contributed by atoms with van der Waals surface area (Å²) in [5.41, 5.74) is 0. The molecule has 0 aromatic rings. The molecule has 3 atom stereocenters. The molecule has 5 nitrogen and oxygen atoms in total. The van der Waals surface area contributed by atoms with Gasteiger partial charge in [0.05, 0.1) is 7.11 Å². The second kappa shape index (κ2) is 9.32. The van der Waals surface area contributed by atoms with E-state index in [9.17, 15) is 14.4 Å². The number of hydrogen-bond acceptors (Lipinski definition) is 5. The Morgan fingerprint density at radius 3 is 2.62 bits per heavy atom. The summed E-state index contributed by atoms with van der Waals surface area (Å²) in [7, 11) is 1.38. The smallest absolute Gasteiger partial charge is 0.305 e. The fraction of sp³-hybridized carbons (Fsp3) is 0.688. The Balaban J connectivity index is 2.36. The minimum absolute atomic E-state index is 0.0333. The molecule has 0 unspecified atom stereocenters. The van der Waals surface area contributed by atoms with Crippen molar-refractivity contribution in [3.05, 3.63) is 12.2 Å². The summed E-state index contributed by atoms with van der Waals surface area (Å²) >= 11 is 0. The first-order valence-corrected chi connectivity index (χ1v) is 7.42. The summed E-state index contributed by atoms with van der Waals surface area (Å²) in [6, 6.07) is 0. The molecule has 0 amide bonds. The van der Waals surface area contributed by atoms with Crippen LogP contribution in [0.2, 0.25) is 0 Å². The lowest BCUT2D eigenvalue weighted by Gasteiger charge is -2.20. The van der Waals surface area contributed by atoms with Gasteiger partial charge in [-0.15, -0.1) is 0 Å². The first-order chi connectivity index (χ1) is 10.1. The molecule has 0 aliphatic heterocycles. The van der Waals surface area contributed by atoms with Crippen LogP contribution in [0, 0.1) is 11.8 Å². The zero-order valence-electron chi connectivity index (χ0n) is 12.7. The van der Waals surface area contributed by atoms with E-state index in [0.717, 1.165) is 38.4 Å². The third kappa shape index (κ3) is 6.10. The molecule has 0 aromatic heterocycles. The zero-order chi connectivity index (χ0) is 15.7. The van der Waals surface area contributed by atoms with Gasteiger partial charge >= 0.3 is 11.9 Å². The van der Waals surface area contributed by atoms with Crippen molar-refractivity contribution < 1.29 is 23.9 Å². The lowest BCUT2D eigenvalue weighted by atomic mass is 9.92. The average molecular weight is 296 g/mol. The molecule has 0 N–H and O–H groups in total. The fourth-order valence-electron chi connectivity index (χ4n) is 2.75. The second-order valence-corrected chi connectivity index (χ2v) is 5.36. The van der Waals surface area contributed by atoms with Gasteiger partial charge in [-0.25, -0.2) is 0 Å². The molecule has 0 spiro atoms. The number of carbonyl (C=O) groups excluding carboxylic acids is 3. The number of ether oxygens (including phenoxy) is 2. The number of allylic oxidation sites excluding steroid dienone is 2. The predicted octanol–water partition coefficient (Wildman–Crippen LogP) is 2.43. The van der Waals surface area contributed by atoms with Crippen molar-refractivity contribution >= 4 is 18.2 Å². The maximum absolute atomic E-state index is 11.1. The highest BCUT2D eigenvalue weighted by atomic mass is 16.5. The number of carbonyl (C=O) groups is 3. The summed E-state index contributed by atoms with van der Waals surface area (Å²) in [6.45, 7) is 1.40. The summed E-state index contributed by atoms with van der Waals surface area (Å²) in [5.74, 6) is -0.453. The van der Waals surface area contributed by atoms with Crippen LogP contribution in [0.1, 0.15) is 45.4 Å². The largest absolute Gasteiger partial charge is 0.469 e. The average Bonchev–Trinajstić information content (AvgIpc) is 2.83. The minimum atomic E-state index is -0.293. The van der Waals surface area contributed by atoms with Gasteiger partial charge in [-0.05, 0) is 32.1 Å². The van der Waals surface area contributed by atoms with Crippen molar-refractivity contribution in [1.29, 1.82) is 0 Å². The molecule has 0 heterocycles. The van der Waals surface area contributed by atoms with Crippen LogP contribution < -0.4 is 0 Å². The van der Waals surface area contributed by atoms with Crippen LogP contribution in [0.4, 0.5) is 0 Å². The summed E-state index contributed by atoms with van der Waals surface area (Å²) in [5, 5.41) is 0. The van der Waals surface area contributed by atoms with E-state index < -0.39 is 0 Å². The van der Waals surface area contributed by atoms with Gasteiger partial charge in [0.1, 0.15) is 12.4 Å². The lowest BCUT2D eigenvalue weighted by Crippen LogP contribution is -2.24. The van der Waals surface area contributed by atoms with Gasteiger partial charge in [0, 0.05) is 25.2 Å². The Hall–Kier alpha value is -1.65. The van der Waals surface area contributed by atoms with Gasteiger partial charge in [-0.1, -0.05) is 12.2 Å². The van der Waals surface area contributed by atoms with E-state index in [1.165, 1.54) is 14.0 Å². The lowest BCUT2D eigenvalue weighted by molar-refractivity contribution is -0.148. The van der Waals surface area contributed by atoms with Crippen LogP contribution in [0.5, 0.6) is 0 Å². The second-order valence-electron chi connectivity index (χ2n) is 5.36. The molecule has 0 bridgehead atoms. The van der Waals surface area contributed by atoms with Crippen molar-refractivity contribution in [3.63, 3.8) is 0 Å². The maximum Gasteiger partial charge on any atom is 0.305 e. The Bertz CT molecular complexity index is 388. The number of rotatable bonds is 8. The van der Waals surface area contributed by atoms with Gasteiger partial charge in [0.15, 0.2) is 0 Å². The van der Waals surface area contributed by atoms with E-state index in [4.69, 9.17) is 4.74 Å². The maximum atomic E-state index is 11.1. The summed E-state index contributed by atoms with van der Waals surface area (Å²) < 4.78 is 9.85. The highest BCUT2D eigenvalue weighted by Gasteiger charge is 2.37. The van der Waals surface area contributed by atoms with Gasteiger partial charge in [0.25, 0.3) is 0 Å². The third-order valence-corrected chi connectivity index (χ3v) is 3.86. The molecule has 0 aromatic carbocycles. The number of hydrogen-bond donors (Lipinski definition) is 0. The van der Waals surface area contributed by atoms with Gasteiger partial charge in [-0.3, -0.25) is 9.59 Å². The van der Waals surface area contributed by atoms with Crippen LogP contribution in [0.15, 0.2) is 12.2 Å². The SMILES string of the molecule is COC(=O)CCC/C=C\C[C@H]1[C@@H](C=O)CC[C@H]1OC(C)=O. The van der Waals surface area contributed by atoms with E-state index >= 15 is 0 Å². The molecular formula is C16H24O5. The molecule has 1 rings (SSSR count). The normalized spacial score (nSPS) is 25.0. The Morgan fingerprint density at radius 1 is 1.24 bits per heavy atom. The standard InChI is InChI=1S/C16H24O5/c1-12(18)21-15-10-9-13(11-17)14(15)7-5-3-4-6-8-16(19)20-2/h3,5,11,13-15H,4,6-10H2,1-2H3/b5-3-/t13-,14+,15-/m1/s1. The van der Waals surface area contributed by atoms with E-state index in [2.05, 4.69) is 4.74 Å². The highest BCUT2D eigenvalue weighted by Crippen LogP contribution is 2.35. The van der Waals surface area contributed by atoms with Crippen molar-refractivity contribution in [2.45, 2.75) is 51.6 Å². The molecule has 118 valence electrons. The molecular weight excluding hydrogens is 272 g/mol. The number of unbranched alkanes of at least 4 members (excludes halogenated alkanes) is 1. The molecule has 0 saturated heterocycles. The molecule has 21 heavy (non-hydrogen) atoms. The number of esters is 2. The van der Waals surface area contributed by atoms with E-state index in [-0.39, 0.29) is 29.9 Å². The number of methoxy groups -OCH3 is 1. The van der Waals surface area contributed by atoms with Crippen molar-refractivity contribution in [3.8, 4) is 0 Å². The topological polar surface area (TPSA) is 69.7 Å². The Morgan fingerprint density at radius 2 is 2.00 bits per heavy atom. The Kier molecular flexibility index (Phi) is 7.72. The minimum Gasteiger partial charge on any atom is -0.469 e. The first kappa shape index (κ1) is 17.4. The summed E-state index contributed by atoms with van der Waals surface area (Å²) in [4.78, 5) is 33.1. The monoisotopic (exact) mass is 296 g/mol. The molecule has 1 fully saturated rings. The van der Waals surface area contributed by atoms with Gasteiger partial charge in [-0.2, -0.15) is 0 Å². The third-order valence-electron chi connectivity index (χ3n) is 3.86. The highest BCUT2D eigenvalue weighted by molar-refractivity contribution is 5.69. The van der Waals surface area contributed by atoms with Crippen molar-refractivity contribution in [1.82, 2.24) is 0 Å². The quantitative estimate of drug-likeness (QED) is 0.298.